The average molecular weight is 307 g/mol. The van der Waals surface area contributed by atoms with E-state index < -0.39 is 0 Å². The predicted octanol–water partition coefficient (Wildman–Crippen LogP) is 2.85. The Hall–Kier alpha value is -3.02. The summed E-state index contributed by atoms with van der Waals surface area (Å²) in [5.74, 6) is 0.899. The molecular formula is C17H17N5O. The summed E-state index contributed by atoms with van der Waals surface area (Å²) in [6.45, 7) is 1.91. The van der Waals surface area contributed by atoms with Gasteiger partial charge in [0.15, 0.2) is 5.82 Å². The number of H-pyrrole nitrogens is 1. The summed E-state index contributed by atoms with van der Waals surface area (Å²) < 4.78 is 0. The van der Waals surface area contributed by atoms with Crippen molar-refractivity contribution >= 4 is 17.5 Å². The van der Waals surface area contributed by atoms with Crippen LogP contribution in [0.4, 0.5) is 16.3 Å². The molecule has 1 aromatic heterocycles. The van der Waals surface area contributed by atoms with Gasteiger partial charge in [-0.3, -0.25) is 5.10 Å². The molecule has 0 atom stereocenters. The number of nitrogens with zero attached hydrogens (tertiary/aromatic N) is 3. The van der Waals surface area contributed by atoms with Crippen LogP contribution in [0.25, 0.3) is 0 Å². The largest absolute Gasteiger partial charge is 0.327 e. The van der Waals surface area contributed by atoms with Gasteiger partial charge in [-0.15, -0.1) is 0 Å². The summed E-state index contributed by atoms with van der Waals surface area (Å²) in [6.07, 6.45) is 8.08. The van der Waals surface area contributed by atoms with Crippen LogP contribution in [0.1, 0.15) is 11.3 Å². The van der Waals surface area contributed by atoms with Gasteiger partial charge in [-0.05, 0) is 18.2 Å². The van der Waals surface area contributed by atoms with E-state index in [2.05, 4.69) is 26.5 Å². The highest BCUT2D eigenvalue weighted by Gasteiger charge is 2.29. The highest BCUT2D eigenvalue weighted by molar-refractivity contribution is 5.89. The van der Waals surface area contributed by atoms with Gasteiger partial charge in [0, 0.05) is 24.0 Å². The minimum Gasteiger partial charge on any atom is -0.327 e. The standard InChI is InChI=1S/C17H17N5O/c23-17(18-13-7-3-1-4-8-13)22-11-14-15(12-22)19-20-16(14)21-9-5-2-6-10-21/h1-9H,10-12H2,(H,18,23)(H,19,20). The lowest BCUT2D eigenvalue weighted by Gasteiger charge is -2.20. The molecule has 0 unspecified atom stereocenters. The van der Waals surface area contributed by atoms with Crippen LogP contribution in [-0.4, -0.2) is 27.7 Å². The Morgan fingerprint density at radius 2 is 2.04 bits per heavy atom. The molecule has 2 aliphatic rings. The zero-order valence-corrected chi connectivity index (χ0v) is 12.6. The van der Waals surface area contributed by atoms with E-state index >= 15 is 0 Å². The Bertz CT molecular complexity index is 778. The van der Waals surface area contributed by atoms with Gasteiger partial charge >= 0.3 is 6.03 Å². The zero-order chi connectivity index (χ0) is 15.6. The number of urea groups is 1. The lowest BCUT2D eigenvalue weighted by Crippen LogP contribution is -2.30. The summed E-state index contributed by atoms with van der Waals surface area (Å²) >= 11 is 0. The van der Waals surface area contributed by atoms with Crippen molar-refractivity contribution in [3.05, 3.63) is 66.0 Å². The minimum atomic E-state index is -0.0965. The molecule has 0 radical (unpaired) electrons. The van der Waals surface area contributed by atoms with Crippen LogP contribution in [0.5, 0.6) is 0 Å². The molecule has 116 valence electrons. The number of aromatic amines is 1. The van der Waals surface area contributed by atoms with Gasteiger partial charge in [0.1, 0.15) is 0 Å². The third-order valence-corrected chi connectivity index (χ3v) is 4.03. The Kier molecular flexibility index (Phi) is 3.34. The number of carbonyl (C=O) groups excluding carboxylic acids is 1. The molecule has 2 N–H and O–H groups in total. The first kappa shape index (κ1) is 13.6. The van der Waals surface area contributed by atoms with Crippen molar-refractivity contribution < 1.29 is 4.79 Å². The lowest BCUT2D eigenvalue weighted by molar-refractivity contribution is 0.212. The second-order valence-electron chi connectivity index (χ2n) is 5.58. The number of benzene rings is 1. The average Bonchev–Trinajstić information content (AvgIpc) is 3.17. The van der Waals surface area contributed by atoms with Crippen molar-refractivity contribution in [1.82, 2.24) is 15.1 Å². The number of carbonyl (C=O) groups is 1. The fourth-order valence-corrected chi connectivity index (χ4v) is 2.85. The number of para-hydroxylation sites is 1. The van der Waals surface area contributed by atoms with Crippen molar-refractivity contribution in [2.45, 2.75) is 13.1 Å². The second-order valence-corrected chi connectivity index (χ2v) is 5.58. The fourth-order valence-electron chi connectivity index (χ4n) is 2.85. The second kappa shape index (κ2) is 5.64. The number of nitrogens with one attached hydrogen (secondary N) is 2. The molecule has 1 aromatic carbocycles. The first-order valence-electron chi connectivity index (χ1n) is 7.58. The molecule has 3 heterocycles. The molecule has 0 spiro atoms. The van der Waals surface area contributed by atoms with Gasteiger partial charge in [-0.1, -0.05) is 30.4 Å². The quantitative estimate of drug-likeness (QED) is 0.896. The molecule has 2 amide bonds. The number of rotatable bonds is 2. The van der Waals surface area contributed by atoms with Gasteiger partial charge < -0.3 is 15.1 Å². The predicted molar refractivity (Wildman–Crippen MR) is 88.9 cm³/mol. The van der Waals surface area contributed by atoms with Crippen molar-refractivity contribution in [3.63, 3.8) is 0 Å². The molecule has 6 heteroatoms. The van der Waals surface area contributed by atoms with E-state index in [4.69, 9.17) is 0 Å². The maximum atomic E-state index is 12.4. The third-order valence-electron chi connectivity index (χ3n) is 4.03. The Morgan fingerprint density at radius 1 is 1.17 bits per heavy atom. The molecular weight excluding hydrogens is 290 g/mol. The van der Waals surface area contributed by atoms with E-state index in [1.54, 1.807) is 4.90 Å². The first-order chi connectivity index (χ1) is 11.3. The number of allylic oxidation sites excluding steroid dienone is 2. The van der Waals surface area contributed by atoms with Crippen LogP contribution in [0, 0.1) is 0 Å². The molecule has 23 heavy (non-hydrogen) atoms. The SMILES string of the molecule is O=C(Nc1ccccc1)N1Cc2[nH]nc(N3C=CC=CC3)c2C1. The number of fused-ring (bicyclic) bond motifs is 1. The number of hydrogen-bond donors (Lipinski definition) is 2. The van der Waals surface area contributed by atoms with Crippen LogP contribution in [0.15, 0.2) is 54.8 Å². The first-order valence-corrected chi connectivity index (χ1v) is 7.58. The van der Waals surface area contributed by atoms with Gasteiger partial charge in [-0.2, -0.15) is 5.10 Å². The number of hydrogen-bond acceptors (Lipinski definition) is 3. The van der Waals surface area contributed by atoms with Crippen LogP contribution in [-0.2, 0) is 13.1 Å². The summed E-state index contributed by atoms with van der Waals surface area (Å²) in [7, 11) is 0. The fraction of sp³-hybridized carbons (Fsp3) is 0.176. The lowest BCUT2D eigenvalue weighted by atomic mass is 10.2. The third kappa shape index (κ3) is 2.59. The highest BCUT2D eigenvalue weighted by atomic mass is 16.2. The number of anilines is 2. The van der Waals surface area contributed by atoms with E-state index in [-0.39, 0.29) is 6.03 Å². The Morgan fingerprint density at radius 3 is 2.83 bits per heavy atom. The van der Waals surface area contributed by atoms with Crippen LogP contribution < -0.4 is 10.2 Å². The zero-order valence-electron chi connectivity index (χ0n) is 12.6. The van der Waals surface area contributed by atoms with E-state index in [0.29, 0.717) is 13.1 Å². The minimum absolute atomic E-state index is 0.0965. The number of amides is 2. The smallest absolute Gasteiger partial charge is 0.322 e. The van der Waals surface area contributed by atoms with E-state index in [1.807, 2.05) is 48.7 Å². The maximum Gasteiger partial charge on any atom is 0.322 e. The molecule has 0 aliphatic carbocycles. The molecule has 6 nitrogen and oxygen atoms in total. The normalized spacial score (nSPS) is 15.8. The summed E-state index contributed by atoms with van der Waals surface area (Å²) in [5.41, 5.74) is 2.90. The van der Waals surface area contributed by atoms with Gasteiger partial charge in [0.2, 0.25) is 0 Å². The van der Waals surface area contributed by atoms with Crippen LogP contribution >= 0.6 is 0 Å². The summed E-state index contributed by atoms with van der Waals surface area (Å²) in [4.78, 5) is 16.3. The highest BCUT2D eigenvalue weighted by Crippen LogP contribution is 2.30. The molecule has 4 rings (SSSR count). The molecule has 0 saturated heterocycles. The molecule has 0 fully saturated rings. The summed E-state index contributed by atoms with van der Waals surface area (Å²) in [6, 6.07) is 9.40. The van der Waals surface area contributed by atoms with Crippen LogP contribution in [0.3, 0.4) is 0 Å². The van der Waals surface area contributed by atoms with Crippen LogP contribution in [0.2, 0.25) is 0 Å². The molecule has 0 saturated carbocycles. The maximum absolute atomic E-state index is 12.4. The monoisotopic (exact) mass is 307 g/mol. The van der Waals surface area contributed by atoms with Gasteiger partial charge in [0.25, 0.3) is 0 Å². The van der Waals surface area contributed by atoms with Gasteiger partial charge in [-0.25, -0.2) is 4.79 Å². The van der Waals surface area contributed by atoms with E-state index in [1.165, 1.54) is 0 Å². The number of aromatic nitrogens is 2. The summed E-state index contributed by atoms with van der Waals surface area (Å²) in [5, 5.41) is 10.4. The Balaban J connectivity index is 1.48. The Labute approximate surface area is 134 Å². The van der Waals surface area contributed by atoms with Gasteiger partial charge in [0.05, 0.1) is 18.8 Å². The van der Waals surface area contributed by atoms with E-state index in [0.717, 1.165) is 29.3 Å². The topological polar surface area (TPSA) is 64.3 Å². The van der Waals surface area contributed by atoms with Crippen molar-refractivity contribution in [2.75, 3.05) is 16.8 Å². The van der Waals surface area contributed by atoms with Crippen molar-refractivity contribution in [2.24, 2.45) is 0 Å². The molecule has 0 bridgehead atoms. The van der Waals surface area contributed by atoms with Crippen molar-refractivity contribution in [1.29, 1.82) is 0 Å². The van der Waals surface area contributed by atoms with E-state index in [9.17, 15) is 4.79 Å². The van der Waals surface area contributed by atoms with Crippen molar-refractivity contribution in [3.8, 4) is 0 Å². The molecule has 2 aliphatic heterocycles. The molecule has 2 aromatic rings.